The van der Waals surface area contributed by atoms with E-state index in [4.69, 9.17) is 0 Å². The molecule has 0 radical (unpaired) electrons. The smallest absolute Gasteiger partial charge is 0.0701 e. The zero-order chi connectivity index (χ0) is 12.1. The van der Waals surface area contributed by atoms with Crippen LogP contribution in [0.5, 0.6) is 0 Å². The molecule has 1 heterocycles. The van der Waals surface area contributed by atoms with Gasteiger partial charge in [0, 0.05) is 22.3 Å². The van der Waals surface area contributed by atoms with E-state index < -0.39 is 0 Å². The number of hydrogen-bond donors (Lipinski definition) is 1. The molecule has 1 N–H and O–H groups in total. The van der Waals surface area contributed by atoms with Crippen molar-refractivity contribution in [3.05, 3.63) is 20.8 Å². The van der Waals surface area contributed by atoms with E-state index in [0.717, 1.165) is 21.2 Å². The second-order valence-electron chi connectivity index (χ2n) is 4.66. The van der Waals surface area contributed by atoms with Crippen molar-refractivity contribution in [2.75, 3.05) is 5.75 Å². The summed E-state index contributed by atoms with van der Waals surface area (Å²) in [5.41, 5.74) is 0. The van der Waals surface area contributed by atoms with Gasteiger partial charge in [0.25, 0.3) is 0 Å². The molecule has 1 aliphatic carbocycles. The molecule has 1 fully saturated rings. The Hall–Kier alpha value is 0.490. The summed E-state index contributed by atoms with van der Waals surface area (Å²) in [4.78, 5) is 1.27. The lowest BCUT2D eigenvalue weighted by atomic mass is 10.0. The highest BCUT2D eigenvalue weighted by Crippen LogP contribution is 2.29. The molecule has 0 amide bonds. The summed E-state index contributed by atoms with van der Waals surface area (Å²) in [6.45, 7) is 0. The lowest BCUT2D eigenvalue weighted by Gasteiger charge is -2.22. The van der Waals surface area contributed by atoms with E-state index in [0.29, 0.717) is 0 Å². The van der Waals surface area contributed by atoms with Gasteiger partial charge in [-0.15, -0.1) is 11.3 Å². The highest BCUT2D eigenvalue weighted by molar-refractivity contribution is 9.11. The van der Waals surface area contributed by atoms with Gasteiger partial charge in [-0.1, -0.05) is 19.3 Å². The number of hydrogen-bond acceptors (Lipinski definition) is 3. The molecule has 0 bridgehead atoms. The van der Waals surface area contributed by atoms with E-state index in [-0.39, 0.29) is 6.10 Å². The zero-order valence-corrected chi connectivity index (χ0v) is 13.1. The minimum atomic E-state index is -0.188. The van der Waals surface area contributed by atoms with Crippen molar-refractivity contribution in [2.24, 2.45) is 0 Å². The molecule has 4 heteroatoms. The number of halogens is 1. The van der Waals surface area contributed by atoms with Gasteiger partial charge in [0.15, 0.2) is 0 Å². The maximum Gasteiger partial charge on any atom is 0.0701 e. The van der Waals surface area contributed by atoms with Crippen LogP contribution in [0.3, 0.4) is 0 Å². The lowest BCUT2D eigenvalue weighted by Crippen LogP contribution is -2.17. The quantitative estimate of drug-likeness (QED) is 0.856. The highest BCUT2D eigenvalue weighted by Gasteiger charge is 2.16. The number of thiophene rings is 1. The van der Waals surface area contributed by atoms with Gasteiger partial charge in [0.2, 0.25) is 0 Å². The highest BCUT2D eigenvalue weighted by atomic mass is 79.9. The maximum atomic E-state index is 10.0. The van der Waals surface area contributed by atoms with Crippen molar-refractivity contribution >= 4 is 39.0 Å². The second kappa shape index (κ2) is 7.17. The third-order valence-corrected chi connectivity index (χ3v) is 6.31. The van der Waals surface area contributed by atoms with Crippen LogP contribution in [-0.2, 0) is 6.42 Å². The lowest BCUT2D eigenvalue weighted by molar-refractivity contribution is 0.201. The average molecular weight is 335 g/mol. The molecule has 1 atom stereocenters. The Balaban J connectivity index is 1.68. The normalized spacial score (nSPS) is 19.4. The van der Waals surface area contributed by atoms with Crippen LogP contribution >= 0.6 is 39.0 Å². The monoisotopic (exact) mass is 334 g/mol. The molecule has 1 saturated carbocycles. The van der Waals surface area contributed by atoms with Crippen LogP contribution in [0, 0.1) is 0 Å². The van der Waals surface area contributed by atoms with Crippen LogP contribution < -0.4 is 0 Å². The first kappa shape index (κ1) is 13.9. The number of aliphatic hydroxyl groups is 1. The van der Waals surface area contributed by atoms with Gasteiger partial charge in [-0.25, -0.2) is 0 Å². The third kappa shape index (κ3) is 4.93. The molecule has 0 aromatic carbocycles. The Labute approximate surface area is 120 Å². The standard InChI is InChI=1S/C13H19BrOS2/c14-13-7-6-12(17-13)8-10(15)9-16-11-4-2-1-3-5-11/h6-7,10-11,15H,1-5,8-9H2. The Bertz CT molecular complexity index is 334. The molecule has 1 unspecified atom stereocenters. The summed E-state index contributed by atoms with van der Waals surface area (Å²) < 4.78 is 1.15. The summed E-state index contributed by atoms with van der Waals surface area (Å²) in [7, 11) is 0. The topological polar surface area (TPSA) is 20.2 Å². The van der Waals surface area contributed by atoms with Crippen LogP contribution in [-0.4, -0.2) is 22.2 Å². The Kier molecular flexibility index (Phi) is 5.87. The van der Waals surface area contributed by atoms with Crippen molar-refractivity contribution in [1.82, 2.24) is 0 Å². The fourth-order valence-electron chi connectivity index (χ4n) is 2.23. The fraction of sp³-hybridized carbons (Fsp3) is 0.692. The molecule has 1 aliphatic rings. The van der Waals surface area contributed by atoms with Crippen LogP contribution in [0.4, 0.5) is 0 Å². The summed E-state index contributed by atoms with van der Waals surface area (Å²) in [6.07, 6.45) is 7.48. The van der Waals surface area contributed by atoms with E-state index >= 15 is 0 Å². The van der Waals surface area contributed by atoms with Gasteiger partial charge in [-0.2, -0.15) is 11.8 Å². The predicted octanol–water partition coefficient (Wildman–Crippen LogP) is 4.48. The fourth-order valence-corrected chi connectivity index (χ4v) is 5.06. The number of aliphatic hydroxyl groups excluding tert-OH is 1. The molecule has 1 nitrogen and oxygen atoms in total. The first-order chi connectivity index (χ1) is 8.24. The number of thioether (sulfide) groups is 1. The van der Waals surface area contributed by atoms with Gasteiger partial charge < -0.3 is 5.11 Å². The van der Waals surface area contributed by atoms with Gasteiger partial charge in [0.1, 0.15) is 0 Å². The van der Waals surface area contributed by atoms with E-state index in [1.807, 2.05) is 11.8 Å². The molecule has 0 saturated heterocycles. The third-order valence-electron chi connectivity index (χ3n) is 3.14. The van der Waals surface area contributed by atoms with E-state index in [1.165, 1.54) is 37.0 Å². The van der Waals surface area contributed by atoms with E-state index in [2.05, 4.69) is 28.1 Å². The van der Waals surface area contributed by atoms with Crippen molar-refractivity contribution in [3.63, 3.8) is 0 Å². The summed E-state index contributed by atoms with van der Waals surface area (Å²) in [6, 6.07) is 4.16. The largest absolute Gasteiger partial charge is 0.392 e. The minimum Gasteiger partial charge on any atom is -0.392 e. The van der Waals surface area contributed by atoms with Gasteiger partial charge in [-0.3, -0.25) is 0 Å². The van der Waals surface area contributed by atoms with Crippen molar-refractivity contribution < 1.29 is 5.11 Å². The molecule has 17 heavy (non-hydrogen) atoms. The van der Waals surface area contributed by atoms with Gasteiger partial charge in [-0.05, 0) is 40.9 Å². The minimum absolute atomic E-state index is 0.188. The molecule has 0 aliphatic heterocycles. The Morgan fingerprint density at radius 1 is 1.35 bits per heavy atom. The van der Waals surface area contributed by atoms with Gasteiger partial charge in [0.05, 0.1) is 9.89 Å². The Morgan fingerprint density at radius 3 is 2.76 bits per heavy atom. The second-order valence-corrected chi connectivity index (χ2v) is 8.54. The molecule has 2 rings (SSSR count). The van der Waals surface area contributed by atoms with E-state index in [1.54, 1.807) is 11.3 Å². The predicted molar refractivity (Wildman–Crippen MR) is 81.1 cm³/mol. The van der Waals surface area contributed by atoms with Crippen molar-refractivity contribution in [1.29, 1.82) is 0 Å². The molecular weight excluding hydrogens is 316 g/mol. The molecule has 96 valence electrons. The first-order valence-electron chi connectivity index (χ1n) is 6.28. The van der Waals surface area contributed by atoms with Crippen LogP contribution in [0.1, 0.15) is 37.0 Å². The van der Waals surface area contributed by atoms with Crippen molar-refractivity contribution in [2.45, 2.75) is 49.9 Å². The van der Waals surface area contributed by atoms with Crippen LogP contribution in [0.2, 0.25) is 0 Å². The summed E-state index contributed by atoms with van der Waals surface area (Å²) in [5.74, 6) is 0.889. The SMILES string of the molecule is OC(CSC1CCCCC1)Cc1ccc(Br)s1. The Morgan fingerprint density at radius 2 is 2.12 bits per heavy atom. The molecule has 0 spiro atoms. The first-order valence-corrected chi connectivity index (χ1v) is 8.94. The maximum absolute atomic E-state index is 10.0. The van der Waals surface area contributed by atoms with Crippen molar-refractivity contribution in [3.8, 4) is 0 Å². The summed E-state index contributed by atoms with van der Waals surface area (Å²) in [5, 5.41) is 10.8. The van der Waals surface area contributed by atoms with Gasteiger partial charge >= 0.3 is 0 Å². The van der Waals surface area contributed by atoms with Crippen LogP contribution in [0.25, 0.3) is 0 Å². The van der Waals surface area contributed by atoms with E-state index in [9.17, 15) is 5.11 Å². The molecule has 1 aromatic heterocycles. The van der Waals surface area contributed by atoms with Crippen LogP contribution in [0.15, 0.2) is 15.9 Å². The number of rotatable bonds is 5. The molecule has 1 aromatic rings. The molecular formula is C13H19BrOS2. The summed E-state index contributed by atoms with van der Waals surface area (Å²) >= 11 is 7.15. The zero-order valence-electron chi connectivity index (χ0n) is 9.90. The average Bonchev–Trinajstić information content (AvgIpc) is 2.73.